The monoisotopic (exact) mass is 239 g/mol. The average Bonchev–Trinajstić information content (AvgIpc) is 2.26. The second-order valence-corrected chi connectivity index (χ2v) is 4.56. The summed E-state index contributed by atoms with van der Waals surface area (Å²) in [7, 11) is 0. The molecule has 0 radical (unpaired) electrons. The lowest BCUT2D eigenvalue weighted by molar-refractivity contribution is 0.0924. The van der Waals surface area contributed by atoms with Crippen LogP contribution in [0.4, 0.5) is 0 Å². The van der Waals surface area contributed by atoms with Crippen molar-refractivity contribution in [3.05, 3.63) is 35.4 Å². The predicted molar refractivity (Wildman–Crippen MR) is 67.7 cm³/mol. The third-order valence-corrected chi connectivity index (χ3v) is 2.68. The first-order valence-corrected chi connectivity index (χ1v) is 6.57. The van der Waals surface area contributed by atoms with E-state index in [2.05, 4.69) is 5.32 Å². The number of carbonyl (C=O) groups excluding carboxylic acids is 1. The zero-order valence-corrected chi connectivity index (χ0v) is 10.4. The van der Waals surface area contributed by atoms with Crippen LogP contribution in [0.25, 0.3) is 0 Å². The summed E-state index contributed by atoms with van der Waals surface area (Å²) < 4.78 is 0. The fourth-order valence-corrected chi connectivity index (χ4v) is 1.82. The molecule has 0 unspecified atom stereocenters. The molecule has 0 fully saturated rings. The number of rotatable bonds is 5. The summed E-state index contributed by atoms with van der Waals surface area (Å²) in [6.07, 6.45) is 1.51. The van der Waals surface area contributed by atoms with Crippen molar-refractivity contribution >= 4 is 17.7 Å². The highest BCUT2D eigenvalue weighted by atomic mass is 32.2. The van der Waals surface area contributed by atoms with Crippen LogP contribution >= 0.6 is 11.8 Å². The number of nitrogens with one attached hydrogen (secondary N) is 1. The molecule has 4 heteroatoms. The second kappa shape index (κ2) is 6.55. The molecule has 0 saturated heterocycles. The maximum absolute atomic E-state index is 11.7. The normalized spacial score (nSPS) is 12.2. The lowest BCUT2D eigenvalue weighted by atomic mass is 10.1. The summed E-state index contributed by atoms with van der Waals surface area (Å²) in [6.45, 7) is 1.93. The topological polar surface area (TPSA) is 49.3 Å². The SMILES string of the molecule is CSCc1cccc(C(=O)NC[C@H](C)O)c1. The predicted octanol–water partition coefficient (Wildman–Crippen LogP) is 1.66. The van der Waals surface area contributed by atoms with Crippen LogP contribution in [-0.2, 0) is 5.75 Å². The Labute approximate surface area is 100 Å². The molecule has 1 rings (SSSR count). The molecule has 1 aromatic carbocycles. The first kappa shape index (κ1) is 13.1. The van der Waals surface area contributed by atoms with Gasteiger partial charge in [-0.1, -0.05) is 12.1 Å². The van der Waals surface area contributed by atoms with Crippen LogP contribution in [0.15, 0.2) is 24.3 Å². The lowest BCUT2D eigenvalue weighted by Crippen LogP contribution is -2.30. The van der Waals surface area contributed by atoms with Crippen molar-refractivity contribution in [2.45, 2.75) is 18.8 Å². The Morgan fingerprint density at radius 1 is 1.56 bits per heavy atom. The molecule has 3 nitrogen and oxygen atoms in total. The van der Waals surface area contributed by atoms with Gasteiger partial charge < -0.3 is 10.4 Å². The average molecular weight is 239 g/mol. The van der Waals surface area contributed by atoms with E-state index in [9.17, 15) is 4.79 Å². The quantitative estimate of drug-likeness (QED) is 0.821. The summed E-state index contributed by atoms with van der Waals surface area (Å²) in [4.78, 5) is 11.7. The molecule has 0 aromatic heterocycles. The van der Waals surface area contributed by atoms with Gasteiger partial charge in [-0.3, -0.25) is 4.79 Å². The van der Waals surface area contributed by atoms with Crippen molar-refractivity contribution in [1.82, 2.24) is 5.32 Å². The number of benzene rings is 1. The standard InChI is InChI=1S/C12H17NO2S/c1-9(14)7-13-12(15)11-5-3-4-10(6-11)8-16-2/h3-6,9,14H,7-8H2,1-2H3,(H,13,15)/t9-/m0/s1. The number of hydrogen-bond acceptors (Lipinski definition) is 3. The van der Waals surface area contributed by atoms with Crippen molar-refractivity contribution in [3.63, 3.8) is 0 Å². The van der Waals surface area contributed by atoms with E-state index >= 15 is 0 Å². The van der Waals surface area contributed by atoms with Crippen LogP contribution in [0, 0.1) is 0 Å². The zero-order valence-electron chi connectivity index (χ0n) is 9.56. The number of aliphatic hydroxyl groups is 1. The van der Waals surface area contributed by atoms with Crippen LogP contribution < -0.4 is 5.32 Å². The Bertz CT molecular complexity index is 353. The molecule has 1 aromatic rings. The van der Waals surface area contributed by atoms with Crippen LogP contribution in [0.2, 0.25) is 0 Å². The largest absolute Gasteiger partial charge is 0.392 e. The van der Waals surface area contributed by atoms with Gasteiger partial charge in [-0.05, 0) is 30.9 Å². The van der Waals surface area contributed by atoms with Gasteiger partial charge in [-0.2, -0.15) is 11.8 Å². The molecule has 1 amide bonds. The smallest absolute Gasteiger partial charge is 0.251 e. The Morgan fingerprint density at radius 2 is 2.31 bits per heavy atom. The second-order valence-electron chi connectivity index (χ2n) is 3.69. The summed E-state index contributed by atoms with van der Waals surface area (Å²) in [5.41, 5.74) is 1.78. The highest BCUT2D eigenvalue weighted by Crippen LogP contribution is 2.11. The van der Waals surface area contributed by atoms with Gasteiger partial charge in [0, 0.05) is 17.9 Å². The van der Waals surface area contributed by atoms with Crippen molar-refractivity contribution in [2.75, 3.05) is 12.8 Å². The molecule has 0 heterocycles. The molecule has 2 N–H and O–H groups in total. The Hall–Kier alpha value is -1.00. The van der Waals surface area contributed by atoms with Crippen molar-refractivity contribution in [3.8, 4) is 0 Å². The molecular formula is C12H17NO2S. The molecule has 88 valence electrons. The third kappa shape index (κ3) is 4.24. The van der Waals surface area contributed by atoms with E-state index in [0.717, 1.165) is 11.3 Å². The minimum atomic E-state index is -0.515. The van der Waals surface area contributed by atoms with E-state index in [1.165, 1.54) is 0 Å². The highest BCUT2D eigenvalue weighted by Gasteiger charge is 2.06. The van der Waals surface area contributed by atoms with Gasteiger partial charge in [0.05, 0.1) is 6.10 Å². The fourth-order valence-electron chi connectivity index (χ4n) is 1.31. The van der Waals surface area contributed by atoms with Gasteiger partial charge in [0.1, 0.15) is 0 Å². The number of amides is 1. The van der Waals surface area contributed by atoms with Crippen molar-refractivity contribution in [1.29, 1.82) is 0 Å². The molecule has 0 bridgehead atoms. The van der Waals surface area contributed by atoms with Gasteiger partial charge in [0.15, 0.2) is 0 Å². The van der Waals surface area contributed by atoms with Gasteiger partial charge >= 0.3 is 0 Å². The maximum atomic E-state index is 11.7. The summed E-state index contributed by atoms with van der Waals surface area (Å²) in [5.74, 6) is 0.765. The van der Waals surface area contributed by atoms with E-state index in [-0.39, 0.29) is 12.5 Å². The first-order valence-electron chi connectivity index (χ1n) is 5.17. The summed E-state index contributed by atoms with van der Waals surface area (Å²) in [6, 6.07) is 7.54. The number of carbonyl (C=O) groups is 1. The Balaban J connectivity index is 2.64. The van der Waals surface area contributed by atoms with E-state index < -0.39 is 6.10 Å². The Morgan fingerprint density at radius 3 is 2.94 bits per heavy atom. The minimum Gasteiger partial charge on any atom is -0.392 e. The van der Waals surface area contributed by atoms with Gasteiger partial charge in [-0.15, -0.1) is 0 Å². The number of hydrogen-bond donors (Lipinski definition) is 2. The first-order chi connectivity index (χ1) is 7.63. The molecular weight excluding hydrogens is 222 g/mol. The van der Waals surface area contributed by atoms with Gasteiger partial charge in [0.2, 0.25) is 0 Å². The van der Waals surface area contributed by atoms with Crippen LogP contribution in [-0.4, -0.2) is 29.9 Å². The zero-order chi connectivity index (χ0) is 12.0. The van der Waals surface area contributed by atoms with E-state index in [1.54, 1.807) is 24.8 Å². The molecule has 0 aliphatic heterocycles. The number of aliphatic hydroxyl groups excluding tert-OH is 1. The Kier molecular flexibility index (Phi) is 5.35. The molecule has 1 atom stereocenters. The minimum absolute atomic E-state index is 0.135. The van der Waals surface area contributed by atoms with E-state index in [1.807, 2.05) is 24.5 Å². The number of thioether (sulfide) groups is 1. The van der Waals surface area contributed by atoms with Crippen molar-refractivity contribution < 1.29 is 9.90 Å². The van der Waals surface area contributed by atoms with Gasteiger partial charge in [-0.25, -0.2) is 0 Å². The molecule has 16 heavy (non-hydrogen) atoms. The molecule has 0 spiro atoms. The third-order valence-electron chi connectivity index (χ3n) is 2.06. The summed E-state index contributed by atoms with van der Waals surface area (Å²) in [5, 5.41) is 11.7. The van der Waals surface area contributed by atoms with Crippen LogP contribution in [0.1, 0.15) is 22.8 Å². The van der Waals surface area contributed by atoms with Crippen molar-refractivity contribution in [2.24, 2.45) is 0 Å². The van der Waals surface area contributed by atoms with E-state index in [4.69, 9.17) is 5.11 Å². The fraction of sp³-hybridized carbons (Fsp3) is 0.417. The van der Waals surface area contributed by atoms with Crippen LogP contribution in [0.3, 0.4) is 0 Å². The summed E-state index contributed by atoms with van der Waals surface area (Å²) >= 11 is 1.72. The molecule has 0 saturated carbocycles. The lowest BCUT2D eigenvalue weighted by Gasteiger charge is -2.08. The molecule has 0 aliphatic rings. The maximum Gasteiger partial charge on any atom is 0.251 e. The molecule has 0 aliphatic carbocycles. The highest BCUT2D eigenvalue weighted by molar-refractivity contribution is 7.97. The van der Waals surface area contributed by atoms with Crippen LogP contribution in [0.5, 0.6) is 0 Å². The van der Waals surface area contributed by atoms with E-state index in [0.29, 0.717) is 5.56 Å². The van der Waals surface area contributed by atoms with Gasteiger partial charge in [0.25, 0.3) is 5.91 Å².